The third kappa shape index (κ3) is 5.02. The first-order valence-corrected chi connectivity index (χ1v) is 8.09. The first kappa shape index (κ1) is 15.1. The number of aryl methyl sites for hydroxylation is 1. The van der Waals surface area contributed by atoms with Crippen molar-refractivity contribution in [3.63, 3.8) is 0 Å². The lowest BCUT2D eigenvalue weighted by Crippen LogP contribution is -2.25. The van der Waals surface area contributed by atoms with E-state index in [0.717, 1.165) is 19.6 Å². The predicted octanol–water partition coefficient (Wildman–Crippen LogP) is 3.31. The molecule has 1 aromatic carbocycles. The Morgan fingerprint density at radius 3 is 2.65 bits per heavy atom. The van der Waals surface area contributed by atoms with Gasteiger partial charge in [-0.25, -0.2) is 0 Å². The van der Waals surface area contributed by atoms with E-state index in [0.29, 0.717) is 0 Å². The predicted molar refractivity (Wildman–Crippen MR) is 86.2 cm³/mol. The van der Waals surface area contributed by atoms with Crippen molar-refractivity contribution in [1.29, 1.82) is 0 Å². The molecule has 0 bridgehead atoms. The van der Waals surface area contributed by atoms with Crippen molar-refractivity contribution < 1.29 is 0 Å². The number of likely N-dealkylation sites (N-methyl/N-ethyl adjacent to an activating group) is 1. The van der Waals surface area contributed by atoms with Crippen LogP contribution in [0.1, 0.15) is 12.1 Å². The molecule has 0 spiro atoms. The molecule has 0 aliphatic heterocycles. The van der Waals surface area contributed by atoms with E-state index < -0.39 is 0 Å². The van der Waals surface area contributed by atoms with Crippen LogP contribution in [0.5, 0.6) is 0 Å². The summed E-state index contributed by atoms with van der Waals surface area (Å²) in [6, 6.07) is 12.7. The summed E-state index contributed by atoms with van der Waals surface area (Å²) in [5.74, 6) is 1.18. The Morgan fingerprint density at radius 1 is 1.15 bits per heavy atom. The molecule has 0 radical (unpaired) electrons. The van der Waals surface area contributed by atoms with Crippen molar-refractivity contribution in [2.75, 3.05) is 25.9 Å². The van der Waals surface area contributed by atoms with E-state index in [2.05, 4.69) is 65.1 Å². The highest BCUT2D eigenvalue weighted by Crippen LogP contribution is 2.17. The van der Waals surface area contributed by atoms with E-state index in [1.54, 1.807) is 0 Å². The Balaban J connectivity index is 1.58. The van der Waals surface area contributed by atoms with Gasteiger partial charge in [-0.05, 0) is 50.9 Å². The van der Waals surface area contributed by atoms with Gasteiger partial charge in [0.2, 0.25) is 0 Å². The second kappa shape index (κ2) is 8.12. The maximum atomic E-state index is 4.31. The van der Waals surface area contributed by atoms with Crippen molar-refractivity contribution >= 4 is 11.8 Å². The fraction of sp³-hybridized carbons (Fsp3) is 0.438. The Bertz CT molecular complexity index is 495. The zero-order valence-electron chi connectivity index (χ0n) is 12.3. The molecule has 0 atom stereocenters. The van der Waals surface area contributed by atoms with Gasteiger partial charge in [0.25, 0.3) is 0 Å². The van der Waals surface area contributed by atoms with Gasteiger partial charge in [-0.2, -0.15) is 5.10 Å². The number of benzene rings is 1. The molecule has 0 saturated heterocycles. The molecule has 0 unspecified atom stereocenters. The van der Waals surface area contributed by atoms with Crippen molar-refractivity contribution in [2.24, 2.45) is 0 Å². The lowest BCUT2D eigenvalue weighted by Gasteiger charge is -2.16. The van der Waals surface area contributed by atoms with Gasteiger partial charge in [0.15, 0.2) is 0 Å². The van der Waals surface area contributed by atoms with Gasteiger partial charge < -0.3 is 4.90 Å². The fourth-order valence-electron chi connectivity index (χ4n) is 2.05. The second-order valence-corrected chi connectivity index (χ2v) is 6.18. The van der Waals surface area contributed by atoms with Crippen molar-refractivity contribution in [2.45, 2.75) is 24.8 Å². The van der Waals surface area contributed by atoms with Gasteiger partial charge in [-0.15, -0.1) is 11.8 Å². The normalized spacial score (nSPS) is 11.2. The lowest BCUT2D eigenvalue weighted by molar-refractivity contribution is 0.312. The average molecular weight is 289 g/mol. The summed E-state index contributed by atoms with van der Waals surface area (Å²) in [5, 5.41) is 4.31. The molecule has 0 fully saturated rings. The highest BCUT2D eigenvalue weighted by atomic mass is 32.2. The smallest absolute Gasteiger partial charge is 0.0539 e. The third-order valence-electron chi connectivity index (χ3n) is 3.32. The molecule has 2 aromatic rings. The molecule has 20 heavy (non-hydrogen) atoms. The summed E-state index contributed by atoms with van der Waals surface area (Å²) in [6.07, 6.45) is 3.08. The van der Waals surface area contributed by atoms with E-state index in [9.17, 15) is 0 Å². The van der Waals surface area contributed by atoms with Crippen LogP contribution in [0.2, 0.25) is 0 Å². The third-order valence-corrected chi connectivity index (χ3v) is 4.42. The van der Waals surface area contributed by atoms with E-state index >= 15 is 0 Å². The molecular formula is C16H23N3S. The number of hydrogen-bond acceptors (Lipinski definition) is 3. The van der Waals surface area contributed by atoms with E-state index in [1.165, 1.54) is 22.8 Å². The minimum Gasteiger partial charge on any atom is -0.304 e. The van der Waals surface area contributed by atoms with Crippen LogP contribution in [0.25, 0.3) is 0 Å². The Labute approximate surface area is 126 Å². The first-order chi connectivity index (χ1) is 9.75. The molecule has 1 aromatic heterocycles. The van der Waals surface area contributed by atoms with E-state index in [4.69, 9.17) is 0 Å². The second-order valence-electron chi connectivity index (χ2n) is 5.01. The van der Waals surface area contributed by atoms with Crippen LogP contribution < -0.4 is 0 Å². The van der Waals surface area contributed by atoms with Crippen molar-refractivity contribution in [3.05, 3.63) is 48.3 Å². The highest BCUT2D eigenvalue weighted by Gasteiger charge is 2.01. The average Bonchev–Trinajstić information content (AvgIpc) is 2.88. The molecular weight excluding hydrogens is 266 g/mol. The topological polar surface area (TPSA) is 21.1 Å². The summed E-state index contributed by atoms with van der Waals surface area (Å²) in [5.41, 5.74) is 1.23. The van der Waals surface area contributed by atoms with Crippen LogP contribution >= 0.6 is 11.8 Å². The maximum Gasteiger partial charge on any atom is 0.0539 e. The van der Waals surface area contributed by atoms with Crippen LogP contribution in [-0.2, 0) is 6.54 Å². The fourth-order valence-corrected chi connectivity index (χ4v) is 2.91. The van der Waals surface area contributed by atoms with Crippen molar-refractivity contribution in [1.82, 2.24) is 14.7 Å². The monoisotopic (exact) mass is 289 g/mol. The summed E-state index contributed by atoms with van der Waals surface area (Å²) in [7, 11) is 2.19. The summed E-state index contributed by atoms with van der Waals surface area (Å²) in [4.78, 5) is 3.74. The molecule has 1 heterocycles. The molecule has 4 heteroatoms. The summed E-state index contributed by atoms with van der Waals surface area (Å²) >= 11 is 1.94. The zero-order chi connectivity index (χ0) is 14.2. The van der Waals surface area contributed by atoms with Crippen LogP contribution in [0.15, 0.2) is 47.5 Å². The summed E-state index contributed by atoms with van der Waals surface area (Å²) < 4.78 is 2.06. The van der Waals surface area contributed by atoms with Gasteiger partial charge in [0.1, 0.15) is 0 Å². The number of thioether (sulfide) groups is 1. The number of rotatable bonds is 8. The van der Waals surface area contributed by atoms with Gasteiger partial charge in [0.05, 0.1) is 6.54 Å². The first-order valence-electron chi connectivity index (χ1n) is 7.10. The van der Waals surface area contributed by atoms with Crippen LogP contribution in [-0.4, -0.2) is 40.6 Å². The van der Waals surface area contributed by atoms with Crippen LogP contribution in [0.4, 0.5) is 0 Å². The quantitative estimate of drug-likeness (QED) is 0.549. The van der Waals surface area contributed by atoms with E-state index in [1.807, 2.05) is 18.0 Å². The maximum absolute atomic E-state index is 4.31. The Morgan fingerprint density at radius 2 is 1.95 bits per heavy atom. The Hall–Kier alpha value is -1.26. The minimum atomic E-state index is 0.973. The van der Waals surface area contributed by atoms with Gasteiger partial charge in [-0.3, -0.25) is 4.68 Å². The van der Waals surface area contributed by atoms with Crippen LogP contribution in [0.3, 0.4) is 0 Å². The van der Waals surface area contributed by atoms with Gasteiger partial charge in [-0.1, -0.05) is 18.2 Å². The highest BCUT2D eigenvalue weighted by molar-refractivity contribution is 7.99. The molecule has 0 aliphatic rings. The zero-order valence-corrected chi connectivity index (χ0v) is 13.1. The standard InChI is InChI=1S/C16H23N3S/c1-15-9-10-17-19(15)13-12-18(2)11-6-14-20-16-7-4-3-5-8-16/h3-5,7-10H,6,11-14H2,1-2H3. The Kier molecular flexibility index (Phi) is 6.15. The molecule has 0 saturated carbocycles. The number of hydrogen-bond donors (Lipinski definition) is 0. The largest absolute Gasteiger partial charge is 0.304 e. The number of nitrogens with zero attached hydrogens (tertiary/aromatic N) is 3. The van der Waals surface area contributed by atoms with Gasteiger partial charge in [0, 0.05) is 23.3 Å². The molecule has 0 aliphatic carbocycles. The van der Waals surface area contributed by atoms with E-state index in [-0.39, 0.29) is 0 Å². The molecule has 3 nitrogen and oxygen atoms in total. The molecule has 0 amide bonds. The lowest BCUT2D eigenvalue weighted by atomic mass is 10.4. The van der Waals surface area contributed by atoms with Crippen molar-refractivity contribution in [3.8, 4) is 0 Å². The summed E-state index contributed by atoms with van der Waals surface area (Å²) in [6.45, 7) is 5.27. The number of aromatic nitrogens is 2. The SMILES string of the molecule is Cc1ccnn1CCN(C)CCCSc1ccccc1. The molecule has 0 N–H and O–H groups in total. The molecule has 108 valence electrons. The van der Waals surface area contributed by atoms with Crippen LogP contribution in [0, 0.1) is 6.92 Å². The molecule has 2 rings (SSSR count). The van der Waals surface area contributed by atoms with Gasteiger partial charge >= 0.3 is 0 Å². The minimum absolute atomic E-state index is 0.973.